The fourth-order valence-electron chi connectivity index (χ4n) is 1.74. The standard InChI is InChI=1S/C12H14BrNO3/c1-17-10-6-8(4-5-9(10)13)14-11(12(15)16)7-2-3-7/h4-7,11,14H,2-3H2,1H3,(H,15,16). The number of halogens is 1. The van der Waals surface area contributed by atoms with Crippen molar-refractivity contribution in [1.29, 1.82) is 0 Å². The third-order valence-corrected chi connectivity index (χ3v) is 3.49. The molecule has 0 spiro atoms. The van der Waals surface area contributed by atoms with Crippen LogP contribution in [0.4, 0.5) is 5.69 Å². The van der Waals surface area contributed by atoms with Crippen molar-refractivity contribution in [3.8, 4) is 5.75 Å². The van der Waals surface area contributed by atoms with Crippen molar-refractivity contribution in [2.75, 3.05) is 12.4 Å². The van der Waals surface area contributed by atoms with Crippen molar-refractivity contribution in [2.45, 2.75) is 18.9 Å². The van der Waals surface area contributed by atoms with E-state index in [4.69, 9.17) is 9.84 Å². The first-order valence-corrected chi connectivity index (χ1v) is 6.24. The van der Waals surface area contributed by atoms with Crippen LogP contribution in [0.1, 0.15) is 12.8 Å². The minimum absolute atomic E-state index is 0.252. The Balaban J connectivity index is 2.14. The van der Waals surface area contributed by atoms with E-state index >= 15 is 0 Å². The van der Waals surface area contributed by atoms with E-state index in [-0.39, 0.29) is 5.92 Å². The number of nitrogens with one attached hydrogen (secondary N) is 1. The van der Waals surface area contributed by atoms with Crippen LogP contribution in [0.2, 0.25) is 0 Å². The van der Waals surface area contributed by atoms with E-state index in [1.807, 2.05) is 12.1 Å². The highest BCUT2D eigenvalue weighted by Crippen LogP contribution is 2.35. The van der Waals surface area contributed by atoms with E-state index in [9.17, 15) is 4.79 Å². The number of hydrogen-bond acceptors (Lipinski definition) is 3. The Morgan fingerprint density at radius 3 is 2.82 bits per heavy atom. The molecule has 0 radical (unpaired) electrons. The Kier molecular flexibility index (Phi) is 3.57. The van der Waals surface area contributed by atoms with Gasteiger partial charge in [-0.2, -0.15) is 0 Å². The lowest BCUT2D eigenvalue weighted by molar-refractivity contribution is -0.138. The van der Waals surface area contributed by atoms with E-state index in [2.05, 4.69) is 21.2 Å². The maximum atomic E-state index is 11.1. The average Bonchev–Trinajstić information content (AvgIpc) is 3.11. The van der Waals surface area contributed by atoms with Gasteiger partial charge in [-0.05, 0) is 46.8 Å². The predicted octanol–water partition coefficient (Wildman–Crippen LogP) is 2.73. The van der Waals surface area contributed by atoms with Gasteiger partial charge in [-0.1, -0.05) is 0 Å². The predicted molar refractivity (Wildman–Crippen MR) is 68.5 cm³/mol. The highest BCUT2D eigenvalue weighted by atomic mass is 79.9. The first kappa shape index (κ1) is 12.2. The minimum Gasteiger partial charge on any atom is -0.495 e. The van der Waals surface area contributed by atoms with Crippen molar-refractivity contribution >= 4 is 27.6 Å². The molecule has 0 amide bonds. The molecular weight excluding hydrogens is 286 g/mol. The van der Waals surface area contributed by atoms with Crippen LogP contribution >= 0.6 is 15.9 Å². The topological polar surface area (TPSA) is 58.6 Å². The van der Waals surface area contributed by atoms with Crippen molar-refractivity contribution in [1.82, 2.24) is 0 Å². The summed E-state index contributed by atoms with van der Waals surface area (Å²) in [7, 11) is 1.58. The molecule has 4 nitrogen and oxygen atoms in total. The molecule has 1 saturated carbocycles. The molecule has 2 N–H and O–H groups in total. The number of benzene rings is 1. The summed E-state index contributed by atoms with van der Waals surface area (Å²) in [5.41, 5.74) is 0.768. The second kappa shape index (κ2) is 4.96. The summed E-state index contributed by atoms with van der Waals surface area (Å²) in [5, 5.41) is 12.2. The lowest BCUT2D eigenvalue weighted by Crippen LogP contribution is -2.31. The molecule has 1 atom stereocenters. The summed E-state index contributed by atoms with van der Waals surface area (Å²) in [6.45, 7) is 0. The van der Waals surface area contributed by atoms with Crippen LogP contribution in [0.5, 0.6) is 5.75 Å². The second-order valence-electron chi connectivity index (χ2n) is 4.15. The van der Waals surface area contributed by atoms with Gasteiger partial charge in [0.1, 0.15) is 11.8 Å². The number of carbonyl (C=O) groups is 1. The molecule has 0 aliphatic heterocycles. The largest absolute Gasteiger partial charge is 0.495 e. The number of hydrogen-bond donors (Lipinski definition) is 2. The second-order valence-corrected chi connectivity index (χ2v) is 5.00. The zero-order valence-corrected chi connectivity index (χ0v) is 11.0. The highest BCUT2D eigenvalue weighted by Gasteiger charge is 2.36. The van der Waals surface area contributed by atoms with Crippen LogP contribution in [0.3, 0.4) is 0 Å². The van der Waals surface area contributed by atoms with E-state index < -0.39 is 12.0 Å². The van der Waals surface area contributed by atoms with Crippen molar-refractivity contribution in [3.05, 3.63) is 22.7 Å². The molecule has 5 heteroatoms. The molecule has 1 aromatic carbocycles. The van der Waals surface area contributed by atoms with Crippen LogP contribution in [-0.4, -0.2) is 24.2 Å². The van der Waals surface area contributed by atoms with Gasteiger partial charge in [-0.25, -0.2) is 4.79 Å². The molecule has 1 aromatic rings. The number of methoxy groups -OCH3 is 1. The Morgan fingerprint density at radius 2 is 2.29 bits per heavy atom. The fourth-order valence-corrected chi connectivity index (χ4v) is 2.15. The van der Waals surface area contributed by atoms with Crippen molar-refractivity contribution in [3.63, 3.8) is 0 Å². The van der Waals surface area contributed by atoms with E-state index in [0.717, 1.165) is 23.0 Å². The molecule has 17 heavy (non-hydrogen) atoms. The van der Waals surface area contributed by atoms with Gasteiger partial charge in [0.05, 0.1) is 11.6 Å². The number of ether oxygens (including phenoxy) is 1. The van der Waals surface area contributed by atoms with Gasteiger partial charge < -0.3 is 15.2 Å². The Bertz CT molecular complexity index is 432. The number of rotatable bonds is 5. The van der Waals surface area contributed by atoms with Crippen LogP contribution in [0, 0.1) is 5.92 Å². The van der Waals surface area contributed by atoms with Gasteiger partial charge in [0.15, 0.2) is 0 Å². The fraction of sp³-hybridized carbons (Fsp3) is 0.417. The quantitative estimate of drug-likeness (QED) is 0.878. The Morgan fingerprint density at radius 1 is 1.59 bits per heavy atom. The SMILES string of the molecule is COc1cc(NC(C(=O)O)C2CC2)ccc1Br. The van der Waals surface area contributed by atoms with Gasteiger partial charge in [0.2, 0.25) is 0 Å². The lowest BCUT2D eigenvalue weighted by Gasteiger charge is -2.16. The molecule has 1 fully saturated rings. The van der Waals surface area contributed by atoms with Gasteiger partial charge in [0, 0.05) is 11.8 Å². The van der Waals surface area contributed by atoms with Crippen LogP contribution in [0.25, 0.3) is 0 Å². The Hall–Kier alpha value is -1.23. The van der Waals surface area contributed by atoms with Crippen molar-refractivity contribution < 1.29 is 14.6 Å². The minimum atomic E-state index is -0.797. The normalized spacial score (nSPS) is 16.4. The molecule has 1 aliphatic rings. The summed E-state index contributed by atoms with van der Waals surface area (Å²) >= 11 is 3.36. The first-order chi connectivity index (χ1) is 8.11. The maximum absolute atomic E-state index is 11.1. The number of carboxylic acid groups (broad SMARTS) is 1. The van der Waals surface area contributed by atoms with Gasteiger partial charge in [-0.3, -0.25) is 0 Å². The number of carboxylic acids is 1. The zero-order valence-electron chi connectivity index (χ0n) is 9.44. The summed E-state index contributed by atoms with van der Waals surface area (Å²) < 4.78 is 6.02. The molecule has 2 rings (SSSR count). The Labute approximate surface area is 108 Å². The van der Waals surface area contributed by atoms with E-state index in [1.54, 1.807) is 13.2 Å². The zero-order chi connectivity index (χ0) is 12.4. The molecule has 1 unspecified atom stereocenters. The number of anilines is 1. The highest BCUT2D eigenvalue weighted by molar-refractivity contribution is 9.10. The third-order valence-electron chi connectivity index (χ3n) is 2.83. The average molecular weight is 300 g/mol. The summed E-state index contributed by atoms with van der Waals surface area (Å²) in [5.74, 6) is 0.145. The molecule has 0 aromatic heterocycles. The lowest BCUT2D eigenvalue weighted by atomic mass is 10.1. The molecule has 1 aliphatic carbocycles. The molecule has 0 heterocycles. The van der Waals surface area contributed by atoms with Crippen LogP contribution in [-0.2, 0) is 4.79 Å². The van der Waals surface area contributed by atoms with Crippen LogP contribution in [0.15, 0.2) is 22.7 Å². The smallest absolute Gasteiger partial charge is 0.326 e. The third kappa shape index (κ3) is 2.91. The monoisotopic (exact) mass is 299 g/mol. The molecule has 0 saturated heterocycles. The van der Waals surface area contributed by atoms with E-state index in [1.165, 1.54) is 0 Å². The van der Waals surface area contributed by atoms with Gasteiger partial charge in [-0.15, -0.1) is 0 Å². The van der Waals surface area contributed by atoms with Gasteiger partial charge >= 0.3 is 5.97 Å². The van der Waals surface area contributed by atoms with Gasteiger partial charge in [0.25, 0.3) is 0 Å². The maximum Gasteiger partial charge on any atom is 0.326 e. The van der Waals surface area contributed by atoms with Crippen molar-refractivity contribution in [2.24, 2.45) is 5.92 Å². The van der Waals surface area contributed by atoms with E-state index in [0.29, 0.717) is 5.75 Å². The molecular formula is C12H14BrNO3. The summed E-state index contributed by atoms with van der Waals surface area (Å²) in [4.78, 5) is 11.1. The molecule has 92 valence electrons. The first-order valence-electron chi connectivity index (χ1n) is 5.44. The summed E-state index contributed by atoms with van der Waals surface area (Å²) in [6, 6.07) is 4.97. The number of aliphatic carboxylic acids is 1. The van der Waals surface area contributed by atoms with Crippen LogP contribution < -0.4 is 10.1 Å². The summed E-state index contributed by atoms with van der Waals surface area (Å²) in [6.07, 6.45) is 1.97. The molecule has 0 bridgehead atoms.